The maximum Gasteiger partial charge on any atom is 0.338 e. The van der Waals surface area contributed by atoms with Crippen LogP contribution in [-0.4, -0.2) is 28.1 Å². The molecule has 0 amide bonds. The molecule has 0 aliphatic carbocycles. The third-order valence-electron chi connectivity index (χ3n) is 4.04. The van der Waals surface area contributed by atoms with E-state index in [2.05, 4.69) is 0 Å². The standard InChI is InChI=1S/C19H18ClNO3/c1-13-18(19(22)23)16-11-15(24-10-9-20)7-8-17(16)21(13)12-14-5-3-2-4-6-14/h2-8,11H,9-10,12H2,1H3,(H,22,23). The Bertz CT molecular complexity index is 871. The highest BCUT2D eigenvalue weighted by atomic mass is 35.5. The predicted octanol–water partition coefficient (Wildman–Crippen LogP) is 4.31. The molecule has 0 fully saturated rings. The number of fused-ring (bicyclic) bond motifs is 1. The van der Waals surface area contributed by atoms with Crippen molar-refractivity contribution in [3.8, 4) is 5.75 Å². The lowest BCUT2D eigenvalue weighted by Gasteiger charge is -2.09. The van der Waals surface area contributed by atoms with Gasteiger partial charge in [-0.05, 0) is 30.7 Å². The average Bonchev–Trinajstić information content (AvgIpc) is 2.85. The van der Waals surface area contributed by atoms with Crippen LogP contribution in [0.5, 0.6) is 5.75 Å². The molecule has 0 aliphatic heterocycles. The third kappa shape index (κ3) is 3.10. The summed E-state index contributed by atoms with van der Waals surface area (Å²) in [4.78, 5) is 11.8. The maximum atomic E-state index is 11.8. The Balaban J connectivity index is 2.12. The first-order chi connectivity index (χ1) is 11.6. The lowest BCUT2D eigenvalue weighted by atomic mass is 10.1. The van der Waals surface area contributed by atoms with Crippen molar-refractivity contribution in [2.45, 2.75) is 13.5 Å². The van der Waals surface area contributed by atoms with E-state index in [4.69, 9.17) is 16.3 Å². The summed E-state index contributed by atoms with van der Waals surface area (Å²) in [5.74, 6) is 0.0824. The normalized spacial score (nSPS) is 10.9. The zero-order chi connectivity index (χ0) is 17.1. The minimum atomic E-state index is -0.932. The fourth-order valence-electron chi connectivity index (χ4n) is 2.95. The van der Waals surface area contributed by atoms with Crippen LogP contribution >= 0.6 is 11.6 Å². The number of alkyl halides is 1. The third-order valence-corrected chi connectivity index (χ3v) is 4.19. The molecule has 0 saturated carbocycles. The van der Waals surface area contributed by atoms with E-state index in [0.717, 1.165) is 16.8 Å². The molecule has 2 aromatic carbocycles. The Hall–Kier alpha value is -2.46. The number of hydrogen-bond acceptors (Lipinski definition) is 2. The molecule has 0 aliphatic rings. The Morgan fingerprint density at radius 2 is 1.96 bits per heavy atom. The van der Waals surface area contributed by atoms with Crippen LogP contribution in [0.15, 0.2) is 48.5 Å². The molecule has 0 radical (unpaired) electrons. The number of carboxylic acid groups (broad SMARTS) is 1. The van der Waals surface area contributed by atoms with E-state index in [0.29, 0.717) is 35.7 Å². The molecule has 0 saturated heterocycles. The molecule has 1 N–H and O–H groups in total. The van der Waals surface area contributed by atoms with Crippen molar-refractivity contribution >= 4 is 28.5 Å². The van der Waals surface area contributed by atoms with Crippen molar-refractivity contribution in [3.05, 3.63) is 65.4 Å². The Morgan fingerprint density at radius 1 is 1.21 bits per heavy atom. The molecule has 5 heteroatoms. The van der Waals surface area contributed by atoms with Crippen LogP contribution in [0.2, 0.25) is 0 Å². The lowest BCUT2D eigenvalue weighted by molar-refractivity contribution is 0.0698. The summed E-state index contributed by atoms with van der Waals surface area (Å²) in [6.07, 6.45) is 0. The second-order valence-electron chi connectivity index (χ2n) is 5.55. The summed E-state index contributed by atoms with van der Waals surface area (Å²) >= 11 is 5.65. The van der Waals surface area contributed by atoms with Gasteiger partial charge >= 0.3 is 5.97 Å². The number of benzene rings is 2. The minimum Gasteiger partial charge on any atom is -0.492 e. The number of halogens is 1. The minimum absolute atomic E-state index is 0.317. The number of carboxylic acids is 1. The molecule has 24 heavy (non-hydrogen) atoms. The van der Waals surface area contributed by atoms with Gasteiger partial charge in [0.05, 0.1) is 11.4 Å². The molecule has 0 unspecified atom stereocenters. The molecule has 3 aromatic rings. The van der Waals surface area contributed by atoms with E-state index in [1.165, 1.54) is 0 Å². The topological polar surface area (TPSA) is 51.5 Å². The van der Waals surface area contributed by atoms with E-state index >= 15 is 0 Å². The monoisotopic (exact) mass is 343 g/mol. The summed E-state index contributed by atoms with van der Waals surface area (Å²) in [5, 5.41) is 10.3. The van der Waals surface area contributed by atoms with E-state index in [1.54, 1.807) is 6.07 Å². The first-order valence-electron chi connectivity index (χ1n) is 7.70. The summed E-state index contributed by atoms with van der Waals surface area (Å²) in [6, 6.07) is 15.5. The van der Waals surface area contributed by atoms with Gasteiger partial charge in [0.25, 0.3) is 0 Å². The highest BCUT2D eigenvalue weighted by Gasteiger charge is 2.20. The molecular formula is C19H18ClNO3. The lowest BCUT2D eigenvalue weighted by Crippen LogP contribution is -2.04. The van der Waals surface area contributed by atoms with Gasteiger partial charge in [0, 0.05) is 23.1 Å². The number of carbonyl (C=O) groups is 1. The predicted molar refractivity (Wildman–Crippen MR) is 95.4 cm³/mol. The molecular weight excluding hydrogens is 326 g/mol. The smallest absolute Gasteiger partial charge is 0.338 e. The molecule has 1 heterocycles. The summed E-state index contributed by atoms with van der Waals surface area (Å²) in [7, 11) is 0. The molecule has 3 rings (SSSR count). The molecule has 4 nitrogen and oxygen atoms in total. The number of aromatic carboxylic acids is 1. The van der Waals surface area contributed by atoms with Gasteiger partial charge in [-0.15, -0.1) is 11.6 Å². The summed E-state index contributed by atoms with van der Waals surface area (Å²) < 4.78 is 7.56. The van der Waals surface area contributed by atoms with Crippen molar-refractivity contribution in [2.75, 3.05) is 12.5 Å². The SMILES string of the molecule is Cc1c(C(=O)O)c2cc(OCCCl)ccc2n1Cc1ccccc1. The number of rotatable bonds is 6. The van der Waals surface area contributed by atoms with Crippen LogP contribution in [0.4, 0.5) is 0 Å². The summed E-state index contributed by atoms with van der Waals surface area (Å²) in [5.41, 5.74) is 3.05. The van der Waals surface area contributed by atoms with Gasteiger partial charge in [0.2, 0.25) is 0 Å². The van der Waals surface area contributed by atoms with Crippen LogP contribution in [-0.2, 0) is 6.54 Å². The Morgan fingerprint density at radius 3 is 2.62 bits per heavy atom. The fourth-order valence-corrected chi connectivity index (χ4v) is 3.02. The summed E-state index contributed by atoms with van der Waals surface area (Å²) in [6.45, 7) is 2.85. The van der Waals surface area contributed by atoms with Crippen LogP contribution in [0, 0.1) is 6.92 Å². The van der Waals surface area contributed by atoms with E-state index in [-0.39, 0.29) is 0 Å². The van der Waals surface area contributed by atoms with Gasteiger partial charge in [-0.1, -0.05) is 30.3 Å². The zero-order valence-corrected chi connectivity index (χ0v) is 14.1. The number of aromatic nitrogens is 1. The van der Waals surface area contributed by atoms with Crippen molar-refractivity contribution in [2.24, 2.45) is 0 Å². The first-order valence-corrected chi connectivity index (χ1v) is 8.24. The largest absolute Gasteiger partial charge is 0.492 e. The van der Waals surface area contributed by atoms with E-state index in [1.807, 2.05) is 54.0 Å². The second kappa shape index (κ2) is 6.97. The molecule has 124 valence electrons. The van der Waals surface area contributed by atoms with Crippen molar-refractivity contribution in [1.29, 1.82) is 0 Å². The van der Waals surface area contributed by atoms with Gasteiger partial charge in [0.15, 0.2) is 0 Å². The zero-order valence-electron chi connectivity index (χ0n) is 13.3. The van der Waals surface area contributed by atoms with Gasteiger partial charge in [-0.2, -0.15) is 0 Å². The van der Waals surface area contributed by atoms with E-state index < -0.39 is 5.97 Å². The van der Waals surface area contributed by atoms with Crippen LogP contribution in [0.25, 0.3) is 10.9 Å². The Labute approximate surface area is 145 Å². The molecule has 0 atom stereocenters. The van der Waals surface area contributed by atoms with E-state index in [9.17, 15) is 9.90 Å². The molecule has 0 bridgehead atoms. The second-order valence-corrected chi connectivity index (χ2v) is 5.93. The average molecular weight is 344 g/mol. The van der Waals surface area contributed by atoms with Crippen LogP contribution < -0.4 is 4.74 Å². The maximum absolute atomic E-state index is 11.8. The van der Waals surface area contributed by atoms with Gasteiger partial charge in [-0.3, -0.25) is 0 Å². The van der Waals surface area contributed by atoms with Gasteiger partial charge in [-0.25, -0.2) is 4.79 Å². The van der Waals surface area contributed by atoms with Crippen molar-refractivity contribution in [1.82, 2.24) is 4.57 Å². The Kier molecular flexibility index (Phi) is 4.76. The number of nitrogens with zero attached hydrogens (tertiary/aromatic N) is 1. The molecule has 0 spiro atoms. The van der Waals surface area contributed by atoms with Crippen LogP contribution in [0.1, 0.15) is 21.6 Å². The number of hydrogen-bond donors (Lipinski definition) is 1. The van der Waals surface area contributed by atoms with Gasteiger partial charge in [0.1, 0.15) is 12.4 Å². The van der Waals surface area contributed by atoms with Crippen molar-refractivity contribution < 1.29 is 14.6 Å². The quantitative estimate of drug-likeness (QED) is 0.678. The fraction of sp³-hybridized carbons (Fsp3) is 0.211. The number of ether oxygens (including phenoxy) is 1. The molecule has 1 aromatic heterocycles. The van der Waals surface area contributed by atoms with Gasteiger partial charge < -0.3 is 14.4 Å². The highest BCUT2D eigenvalue weighted by Crippen LogP contribution is 2.30. The van der Waals surface area contributed by atoms with Crippen molar-refractivity contribution in [3.63, 3.8) is 0 Å². The van der Waals surface area contributed by atoms with Crippen LogP contribution in [0.3, 0.4) is 0 Å². The first kappa shape index (κ1) is 16.4. The highest BCUT2D eigenvalue weighted by molar-refractivity contribution is 6.18.